The molecule has 140 valence electrons. The van der Waals surface area contributed by atoms with E-state index in [2.05, 4.69) is 4.99 Å². The number of benzene rings is 2. The molecule has 0 atom stereocenters. The Morgan fingerprint density at radius 1 is 1.22 bits per heavy atom. The lowest BCUT2D eigenvalue weighted by Gasteiger charge is -2.12. The fraction of sp³-hybridized carbons (Fsp3) is 0.200. The van der Waals surface area contributed by atoms with Crippen LogP contribution < -0.4 is 9.47 Å². The second kappa shape index (κ2) is 8.26. The van der Waals surface area contributed by atoms with Crippen molar-refractivity contribution in [3.8, 4) is 11.5 Å². The van der Waals surface area contributed by atoms with Crippen LogP contribution in [0.1, 0.15) is 11.1 Å². The average molecular weight is 386 g/mol. The van der Waals surface area contributed by atoms with Crippen molar-refractivity contribution in [2.24, 2.45) is 4.99 Å². The SMILES string of the molecule is CN=C1S/C(=C\c2ccc(OCc3ccccc3F)c(OC)c2)C(=O)N1C. The normalized spacial score (nSPS) is 17.0. The molecule has 0 saturated carbocycles. The summed E-state index contributed by atoms with van der Waals surface area (Å²) in [5.74, 6) is 0.599. The Morgan fingerprint density at radius 3 is 2.67 bits per heavy atom. The summed E-state index contributed by atoms with van der Waals surface area (Å²) in [6, 6.07) is 11.8. The molecule has 1 amide bonds. The van der Waals surface area contributed by atoms with Crippen molar-refractivity contribution in [3.05, 3.63) is 64.3 Å². The molecule has 27 heavy (non-hydrogen) atoms. The summed E-state index contributed by atoms with van der Waals surface area (Å²) in [6.07, 6.45) is 1.78. The van der Waals surface area contributed by atoms with Crippen LogP contribution in [0.25, 0.3) is 6.08 Å². The van der Waals surface area contributed by atoms with Gasteiger partial charge in [0, 0.05) is 19.7 Å². The van der Waals surface area contributed by atoms with Crippen LogP contribution in [0.2, 0.25) is 0 Å². The van der Waals surface area contributed by atoms with Gasteiger partial charge in [0.1, 0.15) is 12.4 Å². The number of amidine groups is 1. The van der Waals surface area contributed by atoms with Gasteiger partial charge in [0.05, 0.1) is 12.0 Å². The van der Waals surface area contributed by atoms with E-state index in [-0.39, 0.29) is 18.3 Å². The van der Waals surface area contributed by atoms with Gasteiger partial charge in [-0.1, -0.05) is 24.3 Å². The first kappa shape index (κ1) is 19.0. The molecule has 2 aromatic carbocycles. The number of likely N-dealkylation sites (N-methyl/N-ethyl adjacent to an activating group) is 1. The number of amides is 1. The molecular weight excluding hydrogens is 367 g/mol. The number of halogens is 1. The summed E-state index contributed by atoms with van der Waals surface area (Å²) in [5.41, 5.74) is 1.26. The highest BCUT2D eigenvalue weighted by Gasteiger charge is 2.29. The first-order valence-corrected chi connectivity index (χ1v) is 9.03. The maximum Gasteiger partial charge on any atom is 0.266 e. The van der Waals surface area contributed by atoms with Crippen molar-refractivity contribution in [2.75, 3.05) is 21.2 Å². The molecule has 0 unspecified atom stereocenters. The first-order chi connectivity index (χ1) is 13.0. The van der Waals surface area contributed by atoms with Crippen LogP contribution in [-0.2, 0) is 11.4 Å². The number of carbonyl (C=O) groups is 1. The van der Waals surface area contributed by atoms with Crippen LogP contribution in [-0.4, -0.2) is 37.2 Å². The van der Waals surface area contributed by atoms with Crippen LogP contribution in [0.15, 0.2) is 52.4 Å². The third kappa shape index (κ3) is 4.14. The molecule has 5 nitrogen and oxygen atoms in total. The highest BCUT2D eigenvalue weighted by molar-refractivity contribution is 8.18. The van der Waals surface area contributed by atoms with Crippen molar-refractivity contribution >= 4 is 28.9 Å². The van der Waals surface area contributed by atoms with Gasteiger partial charge in [-0.3, -0.25) is 14.7 Å². The molecule has 0 N–H and O–H groups in total. The topological polar surface area (TPSA) is 51.1 Å². The van der Waals surface area contributed by atoms with Crippen LogP contribution in [0.5, 0.6) is 11.5 Å². The quantitative estimate of drug-likeness (QED) is 0.731. The van der Waals surface area contributed by atoms with E-state index in [0.717, 1.165) is 5.56 Å². The van der Waals surface area contributed by atoms with Crippen molar-refractivity contribution in [2.45, 2.75) is 6.61 Å². The minimum absolute atomic E-state index is 0.0962. The Balaban J connectivity index is 1.80. The predicted octanol–water partition coefficient (Wildman–Crippen LogP) is 3.95. The Labute approximate surface area is 161 Å². The average Bonchev–Trinajstić information content (AvgIpc) is 2.95. The Kier molecular flexibility index (Phi) is 5.81. The van der Waals surface area contributed by atoms with Gasteiger partial charge in [-0.2, -0.15) is 0 Å². The van der Waals surface area contributed by atoms with E-state index in [1.807, 2.05) is 6.07 Å². The molecule has 1 aliphatic heterocycles. The zero-order valence-electron chi connectivity index (χ0n) is 15.2. The number of carbonyl (C=O) groups excluding carboxylic acids is 1. The van der Waals surface area contributed by atoms with Crippen LogP contribution in [0.3, 0.4) is 0 Å². The van der Waals surface area contributed by atoms with E-state index in [9.17, 15) is 9.18 Å². The fourth-order valence-electron chi connectivity index (χ4n) is 2.56. The predicted molar refractivity (Wildman–Crippen MR) is 105 cm³/mol. The maximum atomic E-state index is 13.7. The molecule has 0 spiro atoms. The molecule has 1 heterocycles. The van der Waals surface area contributed by atoms with Crippen LogP contribution in [0, 0.1) is 5.82 Å². The lowest BCUT2D eigenvalue weighted by atomic mass is 10.1. The minimum atomic E-state index is -0.313. The molecule has 2 aromatic rings. The van der Waals surface area contributed by atoms with Gasteiger partial charge in [-0.05, 0) is 41.6 Å². The number of nitrogens with zero attached hydrogens (tertiary/aromatic N) is 2. The highest BCUT2D eigenvalue weighted by atomic mass is 32.2. The highest BCUT2D eigenvalue weighted by Crippen LogP contribution is 2.34. The van der Waals surface area contributed by atoms with Crippen molar-refractivity contribution < 1.29 is 18.7 Å². The third-order valence-corrected chi connectivity index (χ3v) is 5.17. The van der Waals surface area contributed by atoms with Gasteiger partial charge in [0.15, 0.2) is 16.7 Å². The molecule has 1 aliphatic rings. The van der Waals surface area contributed by atoms with Gasteiger partial charge in [-0.25, -0.2) is 4.39 Å². The minimum Gasteiger partial charge on any atom is -0.493 e. The number of thioether (sulfide) groups is 1. The number of hydrogen-bond acceptors (Lipinski definition) is 5. The number of methoxy groups -OCH3 is 1. The molecule has 1 saturated heterocycles. The Hall–Kier alpha value is -2.80. The smallest absolute Gasteiger partial charge is 0.266 e. The molecule has 7 heteroatoms. The molecule has 0 radical (unpaired) electrons. The Morgan fingerprint density at radius 2 is 2.00 bits per heavy atom. The number of hydrogen-bond donors (Lipinski definition) is 0. The zero-order valence-corrected chi connectivity index (χ0v) is 16.0. The summed E-state index contributed by atoms with van der Waals surface area (Å²) < 4.78 is 24.8. The zero-order chi connectivity index (χ0) is 19.4. The summed E-state index contributed by atoms with van der Waals surface area (Å²) in [7, 11) is 4.88. The van der Waals surface area contributed by atoms with Crippen LogP contribution in [0.4, 0.5) is 4.39 Å². The summed E-state index contributed by atoms with van der Waals surface area (Å²) in [4.78, 5) is 18.4. The van der Waals surface area contributed by atoms with E-state index >= 15 is 0 Å². The van der Waals surface area contributed by atoms with Gasteiger partial charge in [0.25, 0.3) is 5.91 Å². The summed E-state index contributed by atoms with van der Waals surface area (Å²) in [6.45, 7) is 0.0962. The van der Waals surface area contributed by atoms with Gasteiger partial charge in [0.2, 0.25) is 0 Å². The lowest BCUT2D eigenvalue weighted by Crippen LogP contribution is -2.23. The van der Waals surface area contributed by atoms with E-state index in [1.165, 1.54) is 29.8 Å². The van der Waals surface area contributed by atoms with E-state index in [0.29, 0.717) is 27.1 Å². The van der Waals surface area contributed by atoms with E-state index in [1.54, 1.807) is 50.5 Å². The van der Waals surface area contributed by atoms with Crippen molar-refractivity contribution in [3.63, 3.8) is 0 Å². The number of aliphatic imine (C=N–C) groups is 1. The fourth-order valence-corrected chi connectivity index (χ4v) is 3.49. The molecule has 0 aliphatic carbocycles. The molecule has 0 aromatic heterocycles. The number of rotatable bonds is 5. The summed E-state index contributed by atoms with van der Waals surface area (Å²) >= 11 is 1.32. The van der Waals surface area contributed by atoms with Crippen LogP contribution >= 0.6 is 11.8 Å². The lowest BCUT2D eigenvalue weighted by molar-refractivity contribution is -0.121. The third-order valence-electron chi connectivity index (χ3n) is 4.02. The van der Waals surface area contributed by atoms with Gasteiger partial charge in [-0.15, -0.1) is 0 Å². The standard InChI is InChI=1S/C20H19FN2O3S/c1-22-20-23(2)19(24)18(27-20)11-13-8-9-16(17(10-13)25-3)26-12-14-6-4-5-7-15(14)21/h4-11H,12H2,1-3H3/b18-11-,22-20?. The first-order valence-electron chi connectivity index (χ1n) is 8.22. The second-order valence-corrected chi connectivity index (χ2v) is 6.78. The van der Waals surface area contributed by atoms with E-state index in [4.69, 9.17) is 9.47 Å². The molecule has 3 rings (SSSR count). The van der Waals surface area contributed by atoms with E-state index < -0.39 is 0 Å². The largest absolute Gasteiger partial charge is 0.493 e. The van der Waals surface area contributed by atoms with Crippen molar-refractivity contribution in [1.29, 1.82) is 0 Å². The number of ether oxygens (including phenoxy) is 2. The molecular formula is C20H19FN2O3S. The van der Waals surface area contributed by atoms with Gasteiger partial charge < -0.3 is 9.47 Å². The van der Waals surface area contributed by atoms with Gasteiger partial charge >= 0.3 is 0 Å². The second-order valence-electron chi connectivity index (χ2n) is 5.77. The Bertz CT molecular complexity index is 927. The van der Waals surface area contributed by atoms with Crippen molar-refractivity contribution in [1.82, 2.24) is 4.90 Å². The summed E-state index contributed by atoms with van der Waals surface area (Å²) in [5, 5.41) is 0.656. The molecule has 1 fully saturated rings. The monoisotopic (exact) mass is 386 g/mol. The maximum absolute atomic E-state index is 13.7. The molecule has 0 bridgehead atoms.